The number of fused-ring (bicyclic) bond motifs is 1. The number of nitrogens with zero attached hydrogens (tertiary/aromatic N) is 3. The Morgan fingerprint density at radius 1 is 1.17 bits per heavy atom. The van der Waals surface area contributed by atoms with E-state index in [1.807, 2.05) is 0 Å². The number of carbonyl (C=O) groups excluding carboxylic acids is 3. The Morgan fingerprint density at radius 2 is 1.79 bits per heavy atom. The summed E-state index contributed by atoms with van der Waals surface area (Å²) in [6.45, 7) is 2.03. The molecule has 3 rings (SSSR count). The first-order valence-electron chi connectivity index (χ1n) is 12.8. The van der Waals surface area contributed by atoms with Gasteiger partial charge in [0.1, 0.15) is 17.5 Å². The number of benzene rings is 2. The van der Waals surface area contributed by atoms with Gasteiger partial charge in [0, 0.05) is 29.4 Å². The summed E-state index contributed by atoms with van der Waals surface area (Å²) in [6.07, 6.45) is -4.51. The van der Waals surface area contributed by atoms with Crippen molar-refractivity contribution in [1.82, 2.24) is 10.2 Å². The molecule has 1 aliphatic heterocycles. The Hall–Kier alpha value is -3.36. The minimum atomic E-state index is -5.35. The van der Waals surface area contributed by atoms with Crippen LogP contribution in [0.5, 0.6) is 5.75 Å². The van der Waals surface area contributed by atoms with Crippen LogP contribution in [-0.2, 0) is 30.8 Å². The maximum Gasteiger partial charge on any atom is 0.471 e. The first kappa shape index (κ1) is 33.1. The third kappa shape index (κ3) is 7.34. The molecule has 0 saturated carbocycles. The summed E-state index contributed by atoms with van der Waals surface area (Å²) in [5.74, 6) is -4.83. The molecule has 0 bridgehead atoms. The van der Waals surface area contributed by atoms with Crippen molar-refractivity contribution in [3.05, 3.63) is 53.1 Å². The van der Waals surface area contributed by atoms with Gasteiger partial charge in [-0.2, -0.15) is 13.2 Å². The van der Waals surface area contributed by atoms with E-state index in [0.29, 0.717) is 21.2 Å². The number of rotatable bonds is 9. The third-order valence-corrected chi connectivity index (χ3v) is 7.85. The van der Waals surface area contributed by atoms with Crippen LogP contribution in [0, 0.1) is 0 Å². The van der Waals surface area contributed by atoms with Crippen molar-refractivity contribution in [2.75, 3.05) is 42.5 Å². The number of ether oxygens (including phenoxy) is 1. The highest BCUT2D eigenvalue weighted by Gasteiger charge is 2.51. The maximum absolute atomic E-state index is 14.4. The fraction of sp³-hybridized carbons (Fsp3) is 0.444. The molecular formula is C27H32ClF3N4O6S. The molecule has 2 aromatic carbocycles. The maximum atomic E-state index is 14.4. The van der Waals surface area contributed by atoms with Gasteiger partial charge in [0.2, 0.25) is 5.91 Å². The van der Waals surface area contributed by atoms with Crippen molar-refractivity contribution in [2.45, 2.75) is 44.7 Å². The zero-order valence-electron chi connectivity index (χ0n) is 23.6. The van der Waals surface area contributed by atoms with Gasteiger partial charge < -0.3 is 24.8 Å². The van der Waals surface area contributed by atoms with E-state index in [9.17, 15) is 36.0 Å². The normalized spacial score (nSPS) is 18.3. The van der Waals surface area contributed by atoms with Crippen LogP contribution in [0.4, 0.5) is 24.5 Å². The molecule has 0 fully saturated rings. The van der Waals surface area contributed by atoms with Crippen LogP contribution in [0.3, 0.4) is 0 Å². The number of hydrogen-bond acceptors (Lipinski definition) is 7. The predicted octanol–water partition coefficient (Wildman–Crippen LogP) is 3.03. The van der Waals surface area contributed by atoms with Gasteiger partial charge in [-0.05, 0) is 51.2 Å². The van der Waals surface area contributed by atoms with E-state index < -0.39 is 64.2 Å². The second kappa shape index (κ2) is 12.9. The van der Waals surface area contributed by atoms with Gasteiger partial charge in [-0.25, -0.2) is 8.42 Å². The van der Waals surface area contributed by atoms with Crippen LogP contribution in [-0.4, -0.2) is 88.1 Å². The quantitative estimate of drug-likeness (QED) is 0.452. The zero-order valence-corrected chi connectivity index (χ0v) is 25.2. The van der Waals surface area contributed by atoms with E-state index in [2.05, 4.69) is 5.32 Å². The number of para-hydroxylation sites is 2. The second-order valence-corrected chi connectivity index (χ2v) is 12.6. The molecule has 3 amide bonds. The largest absolute Gasteiger partial charge is 0.496 e. The van der Waals surface area contributed by atoms with Crippen molar-refractivity contribution < 1.29 is 40.7 Å². The van der Waals surface area contributed by atoms with E-state index in [0.717, 1.165) is 16.1 Å². The zero-order chi connectivity index (χ0) is 31.6. The standard InChI is InChI=1S/C27H32ClF3N4O6S/c1-16(32-3)13-34(26(38)27(29,30)31)24-17(2)35(23(36)15-42(5,39)40)21-9-7-6-8-20(21)33(25(24)37)14-18-12-19(28)10-11-22(18)41-4/h6-12,16-17,24,32H,13-15H2,1-5H3/t16-,17-,24-/m0/s1. The number of methoxy groups -OCH3 is 1. The number of halogens is 4. The number of amides is 3. The first-order chi connectivity index (χ1) is 19.5. The molecule has 0 aliphatic carbocycles. The lowest BCUT2D eigenvalue weighted by atomic mass is 10.0. The van der Waals surface area contributed by atoms with Gasteiger partial charge in [-0.3, -0.25) is 14.4 Å². The highest BCUT2D eigenvalue weighted by molar-refractivity contribution is 7.91. The van der Waals surface area contributed by atoms with Crippen LogP contribution in [0.1, 0.15) is 19.4 Å². The lowest BCUT2D eigenvalue weighted by Crippen LogP contribution is -2.63. The van der Waals surface area contributed by atoms with E-state index in [1.54, 1.807) is 18.2 Å². The van der Waals surface area contributed by atoms with E-state index in [1.165, 1.54) is 52.3 Å². The summed E-state index contributed by atoms with van der Waals surface area (Å²) in [6, 6.07) is 6.70. The Morgan fingerprint density at radius 3 is 2.33 bits per heavy atom. The highest BCUT2D eigenvalue weighted by Crippen LogP contribution is 2.39. The lowest BCUT2D eigenvalue weighted by Gasteiger charge is -2.39. The van der Waals surface area contributed by atoms with Crippen molar-refractivity contribution in [3.8, 4) is 5.75 Å². The van der Waals surface area contributed by atoms with Crippen LogP contribution in [0.2, 0.25) is 5.02 Å². The van der Waals surface area contributed by atoms with Gasteiger partial charge in [-0.1, -0.05) is 23.7 Å². The average Bonchev–Trinajstić information content (AvgIpc) is 2.97. The molecule has 1 heterocycles. The third-order valence-electron chi connectivity index (χ3n) is 6.84. The van der Waals surface area contributed by atoms with Crippen molar-refractivity contribution in [2.24, 2.45) is 0 Å². The number of likely N-dealkylation sites (N-methyl/N-ethyl adjacent to an activating group) is 1. The van der Waals surface area contributed by atoms with E-state index >= 15 is 0 Å². The molecule has 2 aromatic rings. The molecule has 0 aromatic heterocycles. The van der Waals surface area contributed by atoms with E-state index in [-0.39, 0.29) is 17.9 Å². The van der Waals surface area contributed by atoms with Crippen LogP contribution in [0.25, 0.3) is 0 Å². The minimum absolute atomic E-state index is 0.0802. The molecule has 1 N–H and O–H groups in total. The number of sulfone groups is 1. The molecule has 230 valence electrons. The number of anilines is 2. The number of hydrogen-bond donors (Lipinski definition) is 1. The molecular weight excluding hydrogens is 601 g/mol. The van der Waals surface area contributed by atoms with Crippen LogP contribution in [0.15, 0.2) is 42.5 Å². The fourth-order valence-corrected chi connectivity index (χ4v) is 5.65. The van der Waals surface area contributed by atoms with Gasteiger partial charge >= 0.3 is 12.1 Å². The molecule has 3 atom stereocenters. The average molecular weight is 633 g/mol. The predicted molar refractivity (Wildman–Crippen MR) is 152 cm³/mol. The first-order valence-corrected chi connectivity index (χ1v) is 15.2. The van der Waals surface area contributed by atoms with Gasteiger partial charge in [0.05, 0.1) is 31.1 Å². The number of alkyl halides is 3. The molecule has 0 unspecified atom stereocenters. The topological polar surface area (TPSA) is 116 Å². The molecule has 0 spiro atoms. The van der Waals surface area contributed by atoms with E-state index in [4.69, 9.17) is 16.3 Å². The van der Waals surface area contributed by atoms with Crippen LogP contribution < -0.4 is 19.9 Å². The second-order valence-electron chi connectivity index (χ2n) is 10.0. The van der Waals surface area contributed by atoms with Crippen molar-refractivity contribution in [3.63, 3.8) is 0 Å². The molecule has 10 nitrogen and oxygen atoms in total. The molecule has 0 saturated heterocycles. The van der Waals surface area contributed by atoms with Gasteiger partial charge in [0.25, 0.3) is 5.91 Å². The highest BCUT2D eigenvalue weighted by atomic mass is 35.5. The summed E-state index contributed by atoms with van der Waals surface area (Å²) in [5.41, 5.74) is 0.589. The summed E-state index contributed by atoms with van der Waals surface area (Å²) in [5, 5.41) is 3.06. The Kier molecular flexibility index (Phi) is 10.2. The summed E-state index contributed by atoms with van der Waals surface area (Å²) in [7, 11) is -1.02. The Labute approximate surface area is 247 Å². The number of nitrogens with one attached hydrogen (secondary N) is 1. The van der Waals surface area contributed by atoms with Crippen molar-refractivity contribution in [1.29, 1.82) is 0 Å². The van der Waals surface area contributed by atoms with Crippen LogP contribution >= 0.6 is 11.6 Å². The summed E-state index contributed by atoms with van der Waals surface area (Å²) >= 11 is 6.20. The lowest BCUT2D eigenvalue weighted by molar-refractivity contribution is -0.189. The number of carbonyl (C=O) groups is 3. The molecule has 0 radical (unpaired) electrons. The Balaban J connectivity index is 2.33. The molecule has 1 aliphatic rings. The smallest absolute Gasteiger partial charge is 0.471 e. The molecule has 15 heteroatoms. The minimum Gasteiger partial charge on any atom is -0.496 e. The molecule has 42 heavy (non-hydrogen) atoms. The fourth-order valence-electron chi connectivity index (χ4n) is 4.87. The monoisotopic (exact) mass is 632 g/mol. The summed E-state index contributed by atoms with van der Waals surface area (Å²) in [4.78, 5) is 43.3. The summed E-state index contributed by atoms with van der Waals surface area (Å²) < 4.78 is 71.6. The SMILES string of the molecule is CN[C@@H](C)CN(C(=O)C(F)(F)F)[C@@H]1C(=O)N(Cc2cc(Cl)ccc2OC)c2ccccc2N(C(=O)CS(C)(=O)=O)[C@H]1C. The Bertz CT molecular complexity index is 1460. The van der Waals surface area contributed by atoms with Gasteiger partial charge in [0.15, 0.2) is 9.84 Å². The van der Waals surface area contributed by atoms with Gasteiger partial charge in [-0.15, -0.1) is 0 Å². The van der Waals surface area contributed by atoms with Crippen molar-refractivity contribution >= 4 is 50.5 Å².